The molecule has 0 amide bonds. The monoisotopic (exact) mass is 270 g/mol. The lowest BCUT2D eigenvalue weighted by molar-refractivity contribution is -0.138. The van der Waals surface area contributed by atoms with Gasteiger partial charge in [-0.15, -0.1) is 0 Å². The highest BCUT2D eigenvalue weighted by atomic mass is 79.9. The standard InChI is InChI=1S/C12H15BrO2/c1-3-15-11(14)8-6-10(13)12(2,7-8)9-4-5-9/h6-7,9H,3-5H2,1-2H3. The van der Waals surface area contributed by atoms with Crippen molar-refractivity contribution >= 4 is 21.9 Å². The van der Waals surface area contributed by atoms with E-state index < -0.39 is 0 Å². The largest absolute Gasteiger partial charge is 0.462 e. The van der Waals surface area contributed by atoms with Crippen LogP contribution >= 0.6 is 15.9 Å². The SMILES string of the molecule is CCOC(=O)C1=CC(C)(C2CC2)C(Br)=C1. The van der Waals surface area contributed by atoms with Crippen LogP contribution in [0, 0.1) is 11.3 Å². The second-order valence-electron chi connectivity index (χ2n) is 4.37. The van der Waals surface area contributed by atoms with Gasteiger partial charge in [-0.25, -0.2) is 4.79 Å². The van der Waals surface area contributed by atoms with Crippen LogP contribution in [0.3, 0.4) is 0 Å². The Morgan fingerprint density at radius 1 is 1.67 bits per heavy atom. The molecule has 0 N–H and O–H groups in total. The molecule has 3 heteroatoms. The molecule has 0 radical (unpaired) electrons. The molecule has 1 fully saturated rings. The average Bonchev–Trinajstić information content (AvgIpc) is 2.96. The summed E-state index contributed by atoms with van der Waals surface area (Å²) in [4.78, 5) is 11.6. The Kier molecular flexibility index (Phi) is 2.75. The van der Waals surface area contributed by atoms with E-state index in [-0.39, 0.29) is 11.4 Å². The molecule has 2 rings (SSSR count). The summed E-state index contributed by atoms with van der Waals surface area (Å²) in [6, 6.07) is 0. The van der Waals surface area contributed by atoms with Gasteiger partial charge < -0.3 is 4.74 Å². The highest BCUT2D eigenvalue weighted by Gasteiger charge is 2.45. The minimum Gasteiger partial charge on any atom is -0.462 e. The van der Waals surface area contributed by atoms with Crippen LogP contribution in [0.2, 0.25) is 0 Å². The number of allylic oxidation sites excluding steroid dienone is 2. The summed E-state index contributed by atoms with van der Waals surface area (Å²) in [5.41, 5.74) is 0.723. The number of halogens is 1. The van der Waals surface area contributed by atoms with Crippen molar-refractivity contribution in [2.24, 2.45) is 11.3 Å². The molecule has 0 aliphatic heterocycles. The van der Waals surface area contributed by atoms with E-state index in [9.17, 15) is 4.79 Å². The Morgan fingerprint density at radius 3 is 2.87 bits per heavy atom. The van der Waals surface area contributed by atoms with Gasteiger partial charge in [0, 0.05) is 9.90 Å². The van der Waals surface area contributed by atoms with Crippen molar-refractivity contribution < 1.29 is 9.53 Å². The molecule has 0 aromatic heterocycles. The van der Waals surface area contributed by atoms with E-state index >= 15 is 0 Å². The number of carbonyl (C=O) groups is 1. The summed E-state index contributed by atoms with van der Waals surface area (Å²) in [7, 11) is 0. The number of hydrogen-bond donors (Lipinski definition) is 0. The van der Waals surface area contributed by atoms with Crippen molar-refractivity contribution in [2.75, 3.05) is 6.61 Å². The maximum atomic E-state index is 11.6. The van der Waals surface area contributed by atoms with Crippen molar-refractivity contribution in [3.63, 3.8) is 0 Å². The van der Waals surface area contributed by atoms with Crippen LogP contribution in [0.25, 0.3) is 0 Å². The topological polar surface area (TPSA) is 26.3 Å². The van der Waals surface area contributed by atoms with Crippen molar-refractivity contribution in [1.29, 1.82) is 0 Å². The molecular weight excluding hydrogens is 256 g/mol. The first-order valence-electron chi connectivity index (χ1n) is 5.35. The van der Waals surface area contributed by atoms with Gasteiger partial charge in [0.05, 0.1) is 12.2 Å². The maximum Gasteiger partial charge on any atom is 0.337 e. The molecule has 0 saturated heterocycles. The first-order chi connectivity index (χ1) is 7.08. The highest BCUT2D eigenvalue weighted by molar-refractivity contribution is 9.11. The quantitative estimate of drug-likeness (QED) is 0.737. The fourth-order valence-electron chi connectivity index (χ4n) is 2.05. The molecule has 15 heavy (non-hydrogen) atoms. The van der Waals surface area contributed by atoms with Crippen LogP contribution in [-0.4, -0.2) is 12.6 Å². The molecule has 0 aromatic carbocycles. The number of hydrogen-bond acceptors (Lipinski definition) is 2. The van der Waals surface area contributed by atoms with E-state index in [1.54, 1.807) is 0 Å². The van der Waals surface area contributed by atoms with E-state index in [0.717, 1.165) is 4.48 Å². The third-order valence-corrected chi connectivity index (χ3v) is 4.27. The summed E-state index contributed by atoms with van der Waals surface area (Å²) < 4.78 is 6.11. The van der Waals surface area contributed by atoms with Crippen molar-refractivity contribution in [3.05, 3.63) is 22.2 Å². The smallest absolute Gasteiger partial charge is 0.337 e. The van der Waals surface area contributed by atoms with Gasteiger partial charge in [-0.1, -0.05) is 28.9 Å². The minimum absolute atomic E-state index is 0.0299. The summed E-state index contributed by atoms with van der Waals surface area (Å²) in [5, 5.41) is 0. The average molecular weight is 271 g/mol. The molecule has 1 atom stereocenters. The Morgan fingerprint density at radius 2 is 2.33 bits per heavy atom. The van der Waals surface area contributed by atoms with E-state index in [1.807, 2.05) is 19.1 Å². The van der Waals surface area contributed by atoms with Gasteiger partial charge in [0.2, 0.25) is 0 Å². The van der Waals surface area contributed by atoms with Gasteiger partial charge in [0.15, 0.2) is 0 Å². The van der Waals surface area contributed by atoms with Crippen molar-refractivity contribution in [3.8, 4) is 0 Å². The Balaban J connectivity index is 2.19. The maximum absolute atomic E-state index is 11.6. The Labute approximate surface area is 98.5 Å². The molecular formula is C12H15BrO2. The Bertz CT molecular complexity index is 353. The molecule has 0 heterocycles. The summed E-state index contributed by atoms with van der Waals surface area (Å²) in [5.74, 6) is 0.480. The normalized spacial score (nSPS) is 29.8. The first kappa shape index (κ1) is 10.9. The van der Waals surface area contributed by atoms with E-state index in [4.69, 9.17) is 4.74 Å². The molecule has 82 valence electrons. The van der Waals surface area contributed by atoms with Crippen LogP contribution in [0.15, 0.2) is 22.2 Å². The van der Waals surface area contributed by atoms with Crippen molar-refractivity contribution in [1.82, 2.24) is 0 Å². The van der Waals surface area contributed by atoms with Crippen molar-refractivity contribution in [2.45, 2.75) is 26.7 Å². The number of esters is 1. The molecule has 0 spiro atoms. The fraction of sp³-hybridized carbons (Fsp3) is 0.583. The molecule has 0 bridgehead atoms. The van der Waals surface area contributed by atoms with E-state index in [1.165, 1.54) is 12.8 Å². The molecule has 2 aliphatic rings. The summed E-state index contributed by atoms with van der Waals surface area (Å²) >= 11 is 3.56. The summed E-state index contributed by atoms with van der Waals surface area (Å²) in [6.07, 6.45) is 6.46. The van der Waals surface area contributed by atoms with Gasteiger partial charge >= 0.3 is 5.97 Å². The van der Waals surface area contributed by atoms with Crippen LogP contribution in [0.5, 0.6) is 0 Å². The lowest BCUT2D eigenvalue weighted by Crippen LogP contribution is -2.14. The van der Waals surface area contributed by atoms with Gasteiger partial charge in [-0.3, -0.25) is 0 Å². The molecule has 1 unspecified atom stereocenters. The van der Waals surface area contributed by atoms with Crippen LogP contribution in [0.1, 0.15) is 26.7 Å². The zero-order chi connectivity index (χ0) is 11.1. The first-order valence-corrected chi connectivity index (χ1v) is 6.15. The lowest BCUT2D eigenvalue weighted by atomic mass is 9.86. The number of carbonyl (C=O) groups excluding carboxylic acids is 1. The van der Waals surface area contributed by atoms with Gasteiger partial charge in [-0.2, -0.15) is 0 Å². The van der Waals surface area contributed by atoms with E-state index in [2.05, 4.69) is 22.9 Å². The van der Waals surface area contributed by atoms with Gasteiger partial charge in [-0.05, 0) is 31.8 Å². The zero-order valence-electron chi connectivity index (χ0n) is 9.05. The molecule has 2 nitrogen and oxygen atoms in total. The minimum atomic E-state index is -0.209. The third kappa shape index (κ3) is 1.89. The molecule has 2 aliphatic carbocycles. The predicted octanol–water partition coefficient (Wildman–Crippen LogP) is 3.18. The highest BCUT2D eigenvalue weighted by Crippen LogP contribution is 2.55. The summed E-state index contributed by atoms with van der Waals surface area (Å²) in [6.45, 7) is 4.44. The molecule has 0 aromatic rings. The second kappa shape index (κ2) is 3.78. The number of ether oxygens (including phenoxy) is 1. The van der Waals surface area contributed by atoms with Crippen LogP contribution in [0.4, 0.5) is 0 Å². The second-order valence-corrected chi connectivity index (χ2v) is 5.22. The van der Waals surface area contributed by atoms with E-state index in [0.29, 0.717) is 18.1 Å². The van der Waals surface area contributed by atoms with Gasteiger partial charge in [0.1, 0.15) is 0 Å². The zero-order valence-corrected chi connectivity index (χ0v) is 10.6. The van der Waals surface area contributed by atoms with Crippen LogP contribution in [-0.2, 0) is 9.53 Å². The lowest BCUT2D eigenvalue weighted by Gasteiger charge is -2.21. The Hall–Kier alpha value is -0.570. The third-order valence-electron chi connectivity index (χ3n) is 3.19. The van der Waals surface area contributed by atoms with Gasteiger partial charge in [0.25, 0.3) is 0 Å². The van der Waals surface area contributed by atoms with Crippen LogP contribution < -0.4 is 0 Å². The fourth-order valence-corrected chi connectivity index (χ4v) is 2.74. The number of rotatable bonds is 3. The molecule has 1 saturated carbocycles. The predicted molar refractivity (Wildman–Crippen MR) is 62.6 cm³/mol.